The van der Waals surface area contributed by atoms with Gasteiger partial charge in [0.1, 0.15) is 10.7 Å². The minimum Gasteiger partial charge on any atom is -0.497 e. The Morgan fingerprint density at radius 2 is 2.10 bits per heavy atom. The molecule has 0 bridgehead atoms. The molecule has 0 atom stereocenters. The molecule has 0 aromatic heterocycles. The molecule has 21 heavy (non-hydrogen) atoms. The van der Waals surface area contributed by atoms with Crippen LogP contribution >= 0.6 is 12.2 Å². The Labute approximate surface area is 131 Å². The Hall–Kier alpha value is -1.33. The maximum absolute atomic E-state index is 9.45. The van der Waals surface area contributed by atoms with Crippen molar-refractivity contribution in [2.75, 3.05) is 25.2 Å². The van der Waals surface area contributed by atoms with Gasteiger partial charge in [-0.3, -0.25) is 0 Å². The second-order valence-corrected chi connectivity index (χ2v) is 5.90. The Bertz CT molecular complexity index is 487. The summed E-state index contributed by atoms with van der Waals surface area (Å²) in [5.41, 5.74) is 7.70. The zero-order chi connectivity index (χ0) is 15.2. The molecule has 0 unspecified atom stereocenters. The van der Waals surface area contributed by atoms with Crippen molar-refractivity contribution >= 4 is 22.9 Å². The highest BCUT2D eigenvalue weighted by Crippen LogP contribution is 2.32. The number of hydrogen-bond acceptors (Lipinski definition) is 4. The van der Waals surface area contributed by atoms with Gasteiger partial charge in [-0.15, -0.1) is 0 Å². The molecule has 1 aromatic rings. The number of thiocarbonyl (C=S) groups is 1. The fraction of sp³-hybridized carbons (Fsp3) is 0.562. The van der Waals surface area contributed by atoms with Gasteiger partial charge in [-0.1, -0.05) is 31.5 Å². The summed E-state index contributed by atoms with van der Waals surface area (Å²) in [6.45, 7) is 0.706. The molecule has 0 radical (unpaired) electrons. The van der Waals surface area contributed by atoms with Crippen LogP contribution in [0.3, 0.4) is 0 Å². The summed E-state index contributed by atoms with van der Waals surface area (Å²) in [6, 6.07) is 6.18. The largest absolute Gasteiger partial charge is 0.497 e. The quantitative estimate of drug-likeness (QED) is 0.791. The molecule has 5 heteroatoms. The van der Waals surface area contributed by atoms with Crippen LogP contribution in [0, 0.1) is 0 Å². The van der Waals surface area contributed by atoms with Crippen molar-refractivity contribution in [2.45, 2.75) is 38.1 Å². The van der Waals surface area contributed by atoms with Gasteiger partial charge in [0.15, 0.2) is 0 Å². The van der Waals surface area contributed by atoms with E-state index < -0.39 is 0 Å². The number of methoxy groups -OCH3 is 1. The molecule has 0 heterocycles. The SMILES string of the molecule is COc1ccc(C(N)=S)c(N(CCO)C2CCCCC2)c1. The molecule has 1 fully saturated rings. The minimum atomic E-state index is 0.116. The Kier molecular flexibility index (Phi) is 5.82. The Morgan fingerprint density at radius 1 is 1.38 bits per heavy atom. The molecule has 1 aliphatic rings. The highest BCUT2D eigenvalue weighted by Gasteiger charge is 2.24. The average Bonchev–Trinajstić information content (AvgIpc) is 2.52. The Balaban J connectivity index is 2.39. The molecule has 1 aliphatic carbocycles. The van der Waals surface area contributed by atoms with E-state index in [4.69, 9.17) is 22.7 Å². The van der Waals surface area contributed by atoms with E-state index in [1.54, 1.807) is 7.11 Å². The summed E-state index contributed by atoms with van der Waals surface area (Å²) in [5, 5.41) is 9.45. The first-order chi connectivity index (χ1) is 10.2. The molecule has 3 N–H and O–H groups in total. The van der Waals surface area contributed by atoms with Crippen LogP contribution in [0.4, 0.5) is 5.69 Å². The first-order valence-electron chi connectivity index (χ1n) is 7.52. The van der Waals surface area contributed by atoms with Gasteiger partial charge < -0.3 is 20.5 Å². The van der Waals surface area contributed by atoms with Crippen molar-refractivity contribution in [2.24, 2.45) is 5.73 Å². The molecule has 4 nitrogen and oxygen atoms in total. The predicted molar refractivity (Wildman–Crippen MR) is 90.2 cm³/mol. The third-order valence-corrected chi connectivity index (χ3v) is 4.36. The molecule has 1 saturated carbocycles. The topological polar surface area (TPSA) is 58.7 Å². The lowest BCUT2D eigenvalue weighted by atomic mass is 9.93. The van der Waals surface area contributed by atoms with Crippen LogP contribution in [-0.4, -0.2) is 36.4 Å². The maximum atomic E-state index is 9.45. The molecule has 0 aliphatic heterocycles. The normalized spacial score (nSPS) is 15.7. The van der Waals surface area contributed by atoms with E-state index in [1.807, 2.05) is 18.2 Å². The zero-order valence-corrected chi connectivity index (χ0v) is 13.4. The smallest absolute Gasteiger partial charge is 0.120 e. The first kappa shape index (κ1) is 16.0. The van der Waals surface area contributed by atoms with Gasteiger partial charge in [-0.05, 0) is 25.0 Å². The molecule has 0 spiro atoms. The number of hydrogen-bond donors (Lipinski definition) is 2. The zero-order valence-electron chi connectivity index (χ0n) is 12.5. The van der Waals surface area contributed by atoms with E-state index in [1.165, 1.54) is 19.3 Å². The second-order valence-electron chi connectivity index (χ2n) is 5.46. The minimum absolute atomic E-state index is 0.116. The monoisotopic (exact) mass is 308 g/mol. The first-order valence-corrected chi connectivity index (χ1v) is 7.93. The van der Waals surface area contributed by atoms with Crippen molar-refractivity contribution in [3.8, 4) is 5.75 Å². The molecular weight excluding hydrogens is 284 g/mol. The van der Waals surface area contributed by atoms with Crippen molar-refractivity contribution in [1.29, 1.82) is 0 Å². The third kappa shape index (κ3) is 3.86. The van der Waals surface area contributed by atoms with Crippen molar-refractivity contribution in [3.05, 3.63) is 23.8 Å². The third-order valence-electron chi connectivity index (χ3n) is 4.14. The summed E-state index contributed by atoms with van der Waals surface area (Å²) in [6.07, 6.45) is 6.06. The van der Waals surface area contributed by atoms with Crippen LogP contribution in [-0.2, 0) is 0 Å². The van der Waals surface area contributed by atoms with Crippen molar-refractivity contribution in [1.82, 2.24) is 0 Å². The highest BCUT2D eigenvalue weighted by atomic mass is 32.1. The van der Waals surface area contributed by atoms with Crippen LogP contribution in [0.2, 0.25) is 0 Å². The van der Waals surface area contributed by atoms with Gasteiger partial charge >= 0.3 is 0 Å². The van der Waals surface area contributed by atoms with Crippen LogP contribution in [0.1, 0.15) is 37.7 Å². The number of anilines is 1. The maximum Gasteiger partial charge on any atom is 0.120 e. The number of rotatable bonds is 6. The van der Waals surface area contributed by atoms with E-state index in [9.17, 15) is 5.11 Å². The molecule has 0 amide bonds. The van der Waals surface area contributed by atoms with Gasteiger partial charge in [0, 0.05) is 24.2 Å². The van der Waals surface area contributed by atoms with E-state index >= 15 is 0 Å². The summed E-state index contributed by atoms with van der Waals surface area (Å²) in [7, 11) is 1.65. The highest BCUT2D eigenvalue weighted by molar-refractivity contribution is 7.80. The van der Waals surface area contributed by atoms with Crippen LogP contribution in [0.5, 0.6) is 5.75 Å². The summed E-state index contributed by atoms with van der Waals surface area (Å²) >= 11 is 5.18. The van der Waals surface area contributed by atoms with Gasteiger partial charge in [-0.25, -0.2) is 0 Å². The number of benzene rings is 1. The summed E-state index contributed by atoms with van der Waals surface area (Å²) in [4.78, 5) is 2.63. The van der Waals surface area contributed by atoms with Gasteiger partial charge in [0.25, 0.3) is 0 Å². The van der Waals surface area contributed by atoms with E-state index in [0.717, 1.165) is 29.8 Å². The van der Waals surface area contributed by atoms with Crippen LogP contribution < -0.4 is 15.4 Å². The second kappa shape index (κ2) is 7.61. The van der Waals surface area contributed by atoms with E-state index in [0.29, 0.717) is 17.6 Å². The number of ether oxygens (including phenoxy) is 1. The van der Waals surface area contributed by atoms with Crippen LogP contribution in [0.25, 0.3) is 0 Å². The fourth-order valence-electron chi connectivity index (χ4n) is 3.08. The summed E-state index contributed by atoms with van der Waals surface area (Å²) < 4.78 is 5.33. The fourth-order valence-corrected chi connectivity index (χ4v) is 3.26. The van der Waals surface area contributed by atoms with Crippen molar-refractivity contribution in [3.63, 3.8) is 0 Å². The predicted octanol–water partition coefficient (Wildman–Crippen LogP) is 2.46. The lowest BCUT2D eigenvalue weighted by molar-refractivity contribution is 0.290. The number of nitrogens with two attached hydrogens (primary N) is 1. The number of aliphatic hydroxyl groups is 1. The molecule has 1 aromatic carbocycles. The molecule has 116 valence electrons. The summed E-state index contributed by atoms with van der Waals surface area (Å²) in [5.74, 6) is 0.781. The van der Waals surface area contributed by atoms with Gasteiger partial charge in [-0.2, -0.15) is 0 Å². The van der Waals surface area contributed by atoms with Gasteiger partial charge in [0.05, 0.1) is 19.4 Å². The molecule has 0 saturated heterocycles. The average molecular weight is 308 g/mol. The van der Waals surface area contributed by atoms with Gasteiger partial charge in [0.2, 0.25) is 0 Å². The lowest BCUT2D eigenvalue weighted by Gasteiger charge is -2.37. The van der Waals surface area contributed by atoms with E-state index in [-0.39, 0.29) is 6.61 Å². The number of nitrogens with zero attached hydrogens (tertiary/aromatic N) is 1. The standard InChI is InChI=1S/C16H24N2O2S/c1-20-13-7-8-14(16(17)21)15(11-13)18(9-10-19)12-5-3-2-4-6-12/h7-8,11-12,19H,2-6,9-10H2,1H3,(H2,17,21). The Morgan fingerprint density at radius 3 is 2.67 bits per heavy atom. The molecule has 2 rings (SSSR count). The van der Waals surface area contributed by atoms with E-state index in [2.05, 4.69) is 4.90 Å². The van der Waals surface area contributed by atoms with Crippen molar-refractivity contribution < 1.29 is 9.84 Å². The number of aliphatic hydroxyl groups excluding tert-OH is 1. The molecular formula is C16H24N2O2S. The van der Waals surface area contributed by atoms with Crippen LogP contribution in [0.15, 0.2) is 18.2 Å². The lowest BCUT2D eigenvalue weighted by Crippen LogP contribution is -2.40.